The molecule has 4 N–H and O–H groups in total. The molecule has 0 radical (unpaired) electrons. The molecule has 5 aromatic rings. The van der Waals surface area contributed by atoms with Crippen molar-refractivity contribution >= 4 is 69.2 Å². The van der Waals surface area contributed by atoms with Crippen LogP contribution in [0.4, 0.5) is 34.6 Å². The first-order valence-electron chi connectivity index (χ1n) is 22.8. The van der Waals surface area contributed by atoms with Crippen LogP contribution in [0.5, 0.6) is 5.88 Å². The molecule has 0 bridgehead atoms. The summed E-state index contributed by atoms with van der Waals surface area (Å²) in [6.07, 6.45) is 7.36. The maximum Gasteiger partial charge on any atom is 0.263 e. The molecule has 21 heteroatoms. The number of Topliss-reactive ketones (excluding diaryl/α,β-unsaturated/α-hetero) is 1. The first-order valence-corrected chi connectivity index (χ1v) is 22.8. The normalized spacial score (nSPS) is 14.2. The molecule has 4 aromatic heterocycles. The lowest BCUT2D eigenvalue weighted by Crippen LogP contribution is -2.49. The van der Waals surface area contributed by atoms with E-state index < -0.39 is 5.91 Å². The van der Waals surface area contributed by atoms with Crippen molar-refractivity contribution in [3.8, 4) is 5.88 Å². The molecule has 0 unspecified atom stereocenters. The van der Waals surface area contributed by atoms with Gasteiger partial charge in [-0.1, -0.05) is 12.8 Å². The molecule has 1 aliphatic carbocycles. The minimum absolute atomic E-state index is 0.0106. The average molecular weight is 934 g/mol. The Hall–Kier alpha value is -7.10. The van der Waals surface area contributed by atoms with Crippen LogP contribution < -0.4 is 41.4 Å². The number of hydrogen-bond donors (Lipinski definition) is 4. The fourth-order valence-electron chi connectivity index (χ4n) is 8.33. The second kappa shape index (κ2) is 23.1. The molecule has 1 saturated carbocycles. The summed E-state index contributed by atoms with van der Waals surface area (Å²) in [6.45, 7) is 7.73. The molecule has 7 rings (SSSR count). The van der Waals surface area contributed by atoms with E-state index in [1.165, 1.54) is 14.0 Å². The molecular formula is C47H59N13O8. The summed E-state index contributed by atoms with van der Waals surface area (Å²) in [6, 6.07) is 12.0. The topological polar surface area (TPSA) is 240 Å². The Balaban J connectivity index is 0.780. The molecule has 0 atom stereocenters. The zero-order chi connectivity index (χ0) is 48.2. The lowest BCUT2D eigenvalue weighted by molar-refractivity contribution is -0.122. The Morgan fingerprint density at radius 1 is 0.868 bits per heavy atom. The van der Waals surface area contributed by atoms with Gasteiger partial charge < -0.3 is 40.4 Å². The van der Waals surface area contributed by atoms with E-state index in [1.807, 2.05) is 25.4 Å². The van der Waals surface area contributed by atoms with Gasteiger partial charge in [-0.15, -0.1) is 10.2 Å². The fraction of sp³-hybridized carbons (Fsp3) is 0.447. The lowest BCUT2D eigenvalue weighted by atomic mass is 10.0. The summed E-state index contributed by atoms with van der Waals surface area (Å²) in [5.41, 5.74) is 3.29. The summed E-state index contributed by atoms with van der Waals surface area (Å²) < 4.78 is 17.9. The third-order valence-electron chi connectivity index (χ3n) is 12.1. The number of nitrogens with one attached hydrogen (secondary N) is 4. The van der Waals surface area contributed by atoms with E-state index in [-0.39, 0.29) is 72.3 Å². The standard InChI is InChI=1S/C47H59N13O8/c1-30-36-28-51-47(54-44(36)60(33-8-6-7-9-33)46(65)43(30)31(2)61)57(4)39-14-11-34(27-50-39)59-20-18-58(19-21-59)29-41(63)49-17-23-68-25-24-67-22-16-40(62)52-37-26-32(48-3)10-12-35(37)45(64)53-38-13-15-42(66-5)56-55-38/h10-15,26-28,33,48H,6-9,16-25,29H2,1-5H3,(H,49,63)(H,52,62)(H,53,55,64). The fourth-order valence-corrected chi connectivity index (χ4v) is 8.33. The van der Waals surface area contributed by atoms with E-state index in [1.54, 1.807) is 60.0 Å². The van der Waals surface area contributed by atoms with Crippen LogP contribution in [-0.2, 0) is 19.1 Å². The number of carbonyl (C=O) groups excluding carboxylic acids is 4. The number of aryl methyl sites for hydroxylation is 1. The van der Waals surface area contributed by atoms with Gasteiger partial charge in [0.1, 0.15) is 11.5 Å². The Morgan fingerprint density at radius 2 is 1.63 bits per heavy atom. The molecule has 1 saturated heterocycles. The molecule has 1 aromatic carbocycles. The lowest BCUT2D eigenvalue weighted by Gasteiger charge is -2.35. The molecule has 2 fully saturated rings. The van der Waals surface area contributed by atoms with E-state index in [0.717, 1.165) is 44.5 Å². The SMILES string of the molecule is CNc1ccc(C(=O)Nc2ccc(OC)nn2)c(NC(=O)CCOCCOCCNC(=O)CN2CCN(c3ccc(N(C)c4ncc5c(C)c(C(C)=O)c(=O)n(C6CCCC6)c5n4)nc3)CC2)c1. The number of amides is 3. The number of methoxy groups -OCH3 is 1. The van der Waals surface area contributed by atoms with Crippen LogP contribution >= 0.6 is 0 Å². The number of pyridine rings is 2. The Morgan fingerprint density at radius 3 is 2.31 bits per heavy atom. The number of rotatable bonds is 21. The zero-order valence-electron chi connectivity index (χ0n) is 39.2. The van der Waals surface area contributed by atoms with Crippen LogP contribution in [0.15, 0.2) is 59.7 Å². The Kier molecular flexibility index (Phi) is 16.6. The van der Waals surface area contributed by atoms with Gasteiger partial charge in [0.05, 0.1) is 75.2 Å². The highest BCUT2D eigenvalue weighted by Crippen LogP contribution is 2.33. The van der Waals surface area contributed by atoms with Gasteiger partial charge in [-0.3, -0.25) is 38.3 Å². The summed E-state index contributed by atoms with van der Waals surface area (Å²) in [4.78, 5) is 85.0. The second-order valence-electron chi connectivity index (χ2n) is 16.6. The van der Waals surface area contributed by atoms with Gasteiger partial charge in [-0.2, -0.15) is 4.98 Å². The average Bonchev–Trinajstić information content (AvgIpc) is 3.88. The van der Waals surface area contributed by atoms with E-state index >= 15 is 0 Å². The van der Waals surface area contributed by atoms with Gasteiger partial charge >= 0.3 is 0 Å². The van der Waals surface area contributed by atoms with Crippen molar-refractivity contribution in [3.05, 3.63) is 81.9 Å². The van der Waals surface area contributed by atoms with E-state index in [2.05, 4.69) is 46.2 Å². The number of aromatic nitrogens is 6. The van der Waals surface area contributed by atoms with E-state index in [9.17, 15) is 24.0 Å². The van der Waals surface area contributed by atoms with Crippen molar-refractivity contribution in [3.63, 3.8) is 0 Å². The molecule has 360 valence electrons. The van der Waals surface area contributed by atoms with Crippen LogP contribution in [-0.4, -0.2) is 145 Å². The van der Waals surface area contributed by atoms with Crippen molar-refractivity contribution in [2.24, 2.45) is 0 Å². The molecule has 2 aliphatic rings. The molecule has 68 heavy (non-hydrogen) atoms. The van der Waals surface area contributed by atoms with E-state index in [0.29, 0.717) is 78.5 Å². The molecular weight excluding hydrogens is 875 g/mol. The number of nitrogens with zero attached hydrogens (tertiary/aromatic N) is 9. The monoisotopic (exact) mass is 933 g/mol. The predicted molar refractivity (Wildman–Crippen MR) is 257 cm³/mol. The number of piperazine rings is 1. The van der Waals surface area contributed by atoms with Crippen molar-refractivity contribution in [1.82, 2.24) is 39.9 Å². The number of benzene rings is 1. The number of ketones is 1. The number of anilines is 6. The van der Waals surface area contributed by atoms with Crippen LogP contribution in [0.2, 0.25) is 0 Å². The van der Waals surface area contributed by atoms with Crippen molar-refractivity contribution in [2.45, 2.75) is 52.0 Å². The second-order valence-corrected chi connectivity index (χ2v) is 16.6. The first-order chi connectivity index (χ1) is 32.9. The van der Waals surface area contributed by atoms with Crippen molar-refractivity contribution in [2.75, 3.05) is 113 Å². The van der Waals surface area contributed by atoms with Gasteiger partial charge in [0.25, 0.3) is 11.5 Å². The number of carbonyl (C=O) groups is 4. The van der Waals surface area contributed by atoms with Gasteiger partial charge in [0.15, 0.2) is 11.6 Å². The highest BCUT2D eigenvalue weighted by Gasteiger charge is 2.27. The Bertz CT molecular complexity index is 2630. The number of hydrogen-bond acceptors (Lipinski definition) is 17. The van der Waals surface area contributed by atoms with Crippen LogP contribution in [0.3, 0.4) is 0 Å². The van der Waals surface area contributed by atoms with Crippen LogP contribution in [0.25, 0.3) is 11.0 Å². The van der Waals surface area contributed by atoms with Crippen molar-refractivity contribution < 1.29 is 33.4 Å². The van der Waals surface area contributed by atoms with Gasteiger partial charge in [-0.25, -0.2) is 9.97 Å². The van der Waals surface area contributed by atoms with Gasteiger partial charge in [0.2, 0.25) is 23.6 Å². The molecule has 5 heterocycles. The van der Waals surface area contributed by atoms with Crippen LogP contribution in [0, 0.1) is 6.92 Å². The summed E-state index contributed by atoms with van der Waals surface area (Å²) >= 11 is 0. The summed E-state index contributed by atoms with van der Waals surface area (Å²) in [5.74, 6) is 0.436. The quantitative estimate of drug-likeness (QED) is 0.0601. The number of fused-ring (bicyclic) bond motifs is 1. The third kappa shape index (κ3) is 12.1. The maximum absolute atomic E-state index is 13.7. The third-order valence-corrected chi connectivity index (χ3v) is 12.1. The smallest absolute Gasteiger partial charge is 0.263 e. The zero-order valence-corrected chi connectivity index (χ0v) is 39.2. The first kappa shape index (κ1) is 48.8. The maximum atomic E-state index is 13.7. The molecule has 3 amide bonds. The predicted octanol–water partition coefficient (Wildman–Crippen LogP) is 3.97. The number of ether oxygens (including phenoxy) is 3. The van der Waals surface area contributed by atoms with Crippen molar-refractivity contribution in [1.29, 1.82) is 0 Å². The highest BCUT2D eigenvalue weighted by molar-refractivity contribution is 6.10. The Labute approximate surface area is 394 Å². The molecule has 0 spiro atoms. The molecule has 21 nitrogen and oxygen atoms in total. The van der Waals surface area contributed by atoms with Gasteiger partial charge in [-0.05, 0) is 68.7 Å². The highest BCUT2D eigenvalue weighted by atomic mass is 16.5. The minimum atomic E-state index is -0.472. The largest absolute Gasteiger partial charge is 0.480 e. The summed E-state index contributed by atoms with van der Waals surface area (Å²) in [5, 5.41) is 19.8. The van der Waals surface area contributed by atoms with E-state index in [4.69, 9.17) is 24.2 Å². The summed E-state index contributed by atoms with van der Waals surface area (Å²) in [7, 11) is 5.04. The molecule has 1 aliphatic heterocycles. The van der Waals surface area contributed by atoms with Gasteiger partial charge in [0, 0.05) is 76.2 Å². The van der Waals surface area contributed by atoms with Crippen LogP contribution in [0.1, 0.15) is 71.3 Å². The minimum Gasteiger partial charge on any atom is -0.480 e.